The molecule has 0 aliphatic heterocycles. The first-order chi connectivity index (χ1) is 8.97. The van der Waals surface area contributed by atoms with Crippen molar-refractivity contribution in [3.63, 3.8) is 0 Å². The second-order valence-corrected chi connectivity index (χ2v) is 5.48. The molecule has 5 nitrogen and oxygen atoms in total. The van der Waals surface area contributed by atoms with Crippen LogP contribution in [0.15, 0.2) is 0 Å². The SMILES string of the molecule is CCN(C(=O)C1CCCCCC1N)C(C)CC(=O)O. The van der Waals surface area contributed by atoms with Gasteiger partial charge < -0.3 is 15.7 Å². The third kappa shape index (κ3) is 4.49. The van der Waals surface area contributed by atoms with Gasteiger partial charge in [-0.25, -0.2) is 0 Å². The molecular formula is C14H26N2O3. The highest BCUT2D eigenvalue weighted by Gasteiger charge is 2.32. The summed E-state index contributed by atoms with van der Waals surface area (Å²) in [7, 11) is 0. The van der Waals surface area contributed by atoms with E-state index in [4.69, 9.17) is 10.8 Å². The number of carbonyl (C=O) groups is 2. The quantitative estimate of drug-likeness (QED) is 0.743. The maximum absolute atomic E-state index is 12.6. The number of aliphatic carboxylic acids is 1. The first kappa shape index (κ1) is 16.0. The molecule has 1 fully saturated rings. The van der Waals surface area contributed by atoms with Crippen molar-refractivity contribution in [2.45, 2.75) is 64.5 Å². The zero-order valence-corrected chi connectivity index (χ0v) is 12.0. The fourth-order valence-electron chi connectivity index (χ4n) is 2.90. The minimum absolute atomic E-state index is 0.0124. The summed E-state index contributed by atoms with van der Waals surface area (Å²) in [6, 6.07) is -0.355. The molecular weight excluding hydrogens is 244 g/mol. The van der Waals surface area contributed by atoms with E-state index in [1.54, 1.807) is 11.8 Å². The Morgan fingerprint density at radius 2 is 1.95 bits per heavy atom. The summed E-state index contributed by atoms with van der Waals surface area (Å²) in [5.41, 5.74) is 6.11. The highest BCUT2D eigenvalue weighted by molar-refractivity contribution is 5.80. The maximum Gasteiger partial charge on any atom is 0.305 e. The Kier molecular flexibility index (Phi) is 6.28. The van der Waals surface area contributed by atoms with E-state index in [-0.39, 0.29) is 30.3 Å². The van der Waals surface area contributed by atoms with Gasteiger partial charge in [0.05, 0.1) is 12.3 Å². The van der Waals surface area contributed by atoms with Crippen molar-refractivity contribution in [3.8, 4) is 0 Å². The summed E-state index contributed by atoms with van der Waals surface area (Å²) < 4.78 is 0. The molecule has 1 rings (SSSR count). The van der Waals surface area contributed by atoms with Crippen LogP contribution in [0.4, 0.5) is 0 Å². The molecule has 3 unspecified atom stereocenters. The Balaban J connectivity index is 2.73. The predicted molar refractivity (Wildman–Crippen MR) is 73.7 cm³/mol. The van der Waals surface area contributed by atoms with Crippen LogP contribution in [0.25, 0.3) is 0 Å². The summed E-state index contributed by atoms with van der Waals surface area (Å²) in [5, 5.41) is 8.85. The van der Waals surface area contributed by atoms with E-state index in [2.05, 4.69) is 0 Å². The number of carboxylic acids is 1. The van der Waals surface area contributed by atoms with Gasteiger partial charge in [-0.1, -0.05) is 19.3 Å². The predicted octanol–water partition coefficient (Wildman–Crippen LogP) is 1.61. The molecule has 1 aliphatic rings. The second-order valence-electron chi connectivity index (χ2n) is 5.48. The van der Waals surface area contributed by atoms with E-state index >= 15 is 0 Å². The van der Waals surface area contributed by atoms with Gasteiger partial charge in [0, 0.05) is 18.6 Å². The molecule has 0 heterocycles. The molecule has 0 aromatic heterocycles. The monoisotopic (exact) mass is 270 g/mol. The molecule has 19 heavy (non-hydrogen) atoms. The normalized spacial score (nSPS) is 25.4. The average molecular weight is 270 g/mol. The Labute approximate surface area is 115 Å². The standard InChI is InChI=1S/C14H26N2O3/c1-3-16(10(2)9-13(17)18)14(19)11-7-5-4-6-8-12(11)15/h10-12H,3-9,15H2,1-2H3,(H,17,18). The Bertz CT molecular complexity index is 320. The van der Waals surface area contributed by atoms with Crippen LogP contribution in [0, 0.1) is 5.92 Å². The summed E-state index contributed by atoms with van der Waals surface area (Å²) >= 11 is 0. The molecule has 1 amide bonds. The van der Waals surface area contributed by atoms with Crippen LogP contribution in [0.2, 0.25) is 0 Å². The molecule has 0 aromatic rings. The van der Waals surface area contributed by atoms with Crippen molar-refractivity contribution in [1.82, 2.24) is 4.90 Å². The van der Waals surface area contributed by atoms with E-state index < -0.39 is 5.97 Å². The Morgan fingerprint density at radius 3 is 2.53 bits per heavy atom. The summed E-state index contributed by atoms with van der Waals surface area (Å²) in [5.74, 6) is -0.978. The number of carbonyl (C=O) groups excluding carboxylic acids is 1. The van der Waals surface area contributed by atoms with Crippen molar-refractivity contribution < 1.29 is 14.7 Å². The Morgan fingerprint density at radius 1 is 1.32 bits per heavy atom. The molecule has 0 radical (unpaired) electrons. The summed E-state index contributed by atoms with van der Waals surface area (Å²) in [6.45, 7) is 4.22. The van der Waals surface area contributed by atoms with Crippen LogP contribution in [0.1, 0.15) is 52.4 Å². The van der Waals surface area contributed by atoms with Crippen LogP contribution >= 0.6 is 0 Å². The number of nitrogens with two attached hydrogens (primary N) is 1. The van der Waals surface area contributed by atoms with Crippen LogP contribution in [-0.2, 0) is 9.59 Å². The third-order valence-electron chi connectivity index (χ3n) is 4.01. The summed E-state index contributed by atoms with van der Waals surface area (Å²) in [4.78, 5) is 25.0. The van der Waals surface area contributed by atoms with E-state index in [0.717, 1.165) is 32.1 Å². The number of hydrogen-bond donors (Lipinski definition) is 2. The van der Waals surface area contributed by atoms with Crippen molar-refractivity contribution in [1.29, 1.82) is 0 Å². The van der Waals surface area contributed by atoms with Gasteiger partial charge in [-0.05, 0) is 26.7 Å². The zero-order valence-electron chi connectivity index (χ0n) is 12.0. The fraction of sp³-hybridized carbons (Fsp3) is 0.857. The van der Waals surface area contributed by atoms with Crippen molar-refractivity contribution in [3.05, 3.63) is 0 Å². The number of rotatable bonds is 5. The van der Waals surface area contributed by atoms with Gasteiger partial charge in [0.2, 0.25) is 5.91 Å². The molecule has 0 aromatic carbocycles. The van der Waals surface area contributed by atoms with Crippen LogP contribution in [0.3, 0.4) is 0 Å². The molecule has 0 bridgehead atoms. The Hall–Kier alpha value is -1.10. The van der Waals surface area contributed by atoms with E-state index in [1.165, 1.54) is 0 Å². The van der Waals surface area contributed by atoms with Crippen molar-refractivity contribution >= 4 is 11.9 Å². The zero-order chi connectivity index (χ0) is 14.4. The molecule has 1 aliphatic carbocycles. The molecule has 3 atom stereocenters. The molecule has 0 spiro atoms. The summed E-state index contributed by atoms with van der Waals surface area (Å²) in [6.07, 6.45) is 4.96. The van der Waals surface area contributed by atoms with Gasteiger partial charge in [0.25, 0.3) is 0 Å². The first-order valence-electron chi connectivity index (χ1n) is 7.25. The highest BCUT2D eigenvalue weighted by Crippen LogP contribution is 2.25. The number of nitrogens with zero attached hydrogens (tertiary/aromatic N) is 1. The molecule has 3 N–H and O–H groups in total. The lowest BCUT2D eigenvalue weighted by atomic mass is 9.93. The maximum atomic E-state index is 12.6. The second kappa shape index (κ2) is 7.48. The van der Waals surface area contributed by atoms with Gasteiger partial charge >= 0.3 is 5.97 Å². The van der Waals surface area contributed by atoms with Crippen molar-refractivity contribution in [2.75, 3.05) is 6.54 Å². The number of carboxylic acid groups (broad SMARTS) is 1. The number of amides is 1. The first-order valence-corrected chi connectivity index (χ1v) is 7.25. The van der Waals surface area contributed by atoms with Gasteiger partial charge in [0.1, 0.15) is 0 Å². The molecule has 0 saturated heterocycles. The lowest BCUT2D eigenvalue weighted by Crippen LogP contribution is -2.47. The lowest BCUT2D eigenvalue weighted by Gasteiger charge is -2.32. The van der Waals surface area contributed by atoms with Crippen LogP contribution < -0.4 is 5.73 Å². The third-order valence-corrected chi connectivity index (χ3v) is 4.01. The smallest absolute Gasteiger partial charge is 0.305 e. The topological polar surface area (TPSA) is 83.6 Å². The van der Waals surface area contributed by atoms with Crippen LogP contribution in [0.5, 0.6) is 0 Å². The van der Waals surface area contributed by atoms with Gasteiger partial charge in [0.15, 0.2) is 0 Å². The molecule has 110 valence electrons. The van der Waals surface area contributed by atoms with E-state index in [1.807, 2.05) is 6.92 Å². The minimum atomic E-state index is -0.871. The van der Waals surface area contributed by atoms with Gasteiger partial charge in [-0.3, -0.25) is 9.59 Å². The minimum Gasteiger partial charge on any atom is -0.481 e. The van der Waals surface area contributed by atoms with Crippen LogP contribution in [-0.4, -0.2) is 40.5 Å². The highest BCUT2D eigenvalue weighted by atomic mass is 16.4. The van der Waals surface area contributed by atoms with E-state index in [9.17, 15) is 9.59 Å². The lowest BCUT2D eigenvalue weighted by molar-refractivity contribution is -0.142. The molecule has 5 heteroatoms. The molecule has 1 saturated carbocycles. The van der Waals surface area contributed by atoms with E-state index in [0.29, 0.717) is 6.54 Å². The van der Waals surface area contributed by atoms with Gasteiger partial charge in [-0.15, -0.1) is 0 Å². The number of hydrogen-bond acceptors (Lipinski definition) is 3. The van der Waals surface area contributed by atoms with Gasteiger partial charge in [-0.2, -0.15) is 0 Å². The average Bonchev–Trinajstić information content (AvgIpc) is 2.53. The van der Waals surface area contributed by atoms with Crippen molar-refractivity contribution in [2.24, 2.45) is 11.7 Å². The largest absolute Gasteiger partial charge is 0.481 e. The fourth-order valence-corrected chi connectivity index (χ4v) is 2.90.